The number of hydrogen-bond acceptors (Lipinski definition) is 5. The zero-order valence-corrected chi connectivity index (χ0v) is 13.9. The number of halogens is 2. The lowest BCUT2D eigenvalue weighted by Gasteiger charge is -2.34. The first-order valence-electron chi connectivity index (χ1n) is 8.33. The number of piperidine rings is 1. The summed E-state index contributed by atoms with van der Waals surface area (Å²) in [6.45, 7) is 3.18. The molecule has 1 aliphatic rings. The molecule has 134 valence electrons. The molecule has 0 radical (unpaired) electrons. The number of carbonyl (C=O) groups excluding carboxylic acids is 1. The van der Waals surface area contributed by atoms with Gasteiger partial charge in [-0.2, -0.15) is 4.98 Å². The average molecular weight is 350 g/mol. The average Bonchev–Trinajstić information content (AvgIpc) is 3.16. The van der Waals surface area contributed by atoms with Gasteiger partial charge in [-0.3, -0.25) is 4.79 Å². The first-order valence-corrected chi connectivity index (χ1v) is 8.33. The Morgan fingerprint density at radius 1 is 1.36 bits per heavy atom. The van der Waals surface area contributed by atoms with Gasteiger partial charge in [0.15, 0.2) is 17.5 Å². The van der Waals surface area contributed by atoms with E-state index in [2.05, 4.69) is 15.5 Å². The van der Waals surface area contributed by atoms with Crippen molar-refractivity contribution in [2.24, 2.45) is 0 Å². The van der Waals surface area contributed by atoms with Crippen molar-refractivity contribution >= 4 is 5.91 Å². The van der Waals surface area contributed by atoms with E-state index >= 15 is 0 Å². The standard InChI is InChI=1S/C17H20F2N4O2/c1-2-15(24)23-7-5-12(6-8-23)21-16(17-20-10-25-22-17)11-3-4-13(18)14(19)9-11/h3-4,9-10,12,16,21H,2,5-8H2,1H3/t16-/m0/s1. The van der Waals surface area contributed by atoms with Crippen LogP contribution in [0.25, 0.3) is 0 Å². The van der Waals surface area contributed by atoms with E-state index < -0.39 is 17.7 Å². The van der Waals surface area contributed by atoms with Crippen molar-refractivity contribution in [3.05, 3.63) is 47.6 Å². The molecule has 0 saturated carbocycles. The number of likely N-dealkylation sites (tertiary alicyclic amines) is 1. The fourth-order valence-electron chi connectivity index (χ4n) is 3.07. The highest BCUT2D eigenvalue weighted by molar-refractivity contribution is 5.75. The molecule has 1 atom stereocenters. The molecule has 0 spiro atoms. The first kappa shape index (κ1) is 17.5. The Hall–Kier alpha value is -2.35. The van der Waals surface area contributed by atoms with Crippen LogP contribution in [-0.4, -0.2) is 40.1 Å². The fraction of sp³-hybridized carbons (Fsp3) is 0.471. The van der Waals surface area contributed by atoms with Gasteiger partial charge in [0.05, 0.1) is 6.04 Å². The van der Waals surface area contributed by atoms with Gasteiger partial charge in [0.25, 0.3) is 0 Å². The topological polar surface area (TPSA) is 71.3 Å². The summed E-state index contributed by atoms with van der Waals surface area (Å²) in [5, 5.41) is 7.22. The molecular formula is C17H20F2N4O2. The molecule has 0 unspecified atom stereocenters. The van der Waals surface area contributed by atoms with Crippen molar-refractivity contribution in [3.8, 4) is 0 Å². The molecule has 1 aliphatic heterocycles. The predicted octanol–water partition coefficient (Wildman–Crippen LogP) is 2.43. The van der Waals surface area contributed by atoms with Crippen molar-refractivity contribution in [1.82, 2.24) is 20.4 Å². The summed E-state index contributed by atoms with van der Waals surface area (Å²) in [6, 6.07) is 3.33. The van der Waals surface area contributed by atoms with Crippen LogP contribution in [0, 0.1) is 11.6 Å². The lowest BCUT2D eigenvalue weighted by molar-refractivity contribution is -0.131. The maximum atomic E-state index is 13.6. The van der Waals surface area contributed by atoms with Crippen molar-refractivity contribution in [1.29, 1.82) is 0 Å². The third-order valence-corrected chi connectivity index (χ3v) is 4.47. The number of hydrogen-bond donors (Lipinski definition) is 1. The molecule has 1 saturated heterocycles. The van der Waals surface area contributed by atoms with Gasteiger partial charge in [0, 0.05) is 25.6 Å². The fourth-order valence-corrected chi connectivity index (χ4v) is 3.07. The van der Waals surface area contributed by atoms with Gasteiger partial charge in [-0.25, -0.2) is 8.78 Å². The van der Waals surface area contributed by atoms with Crippen molar-refractivity contribution in [2.45, 2.75) is 38.3 Å². The van der Waals surface area contributed by atoms with Crippen LogP contribution in [0.15, 0.2) is 29.1 Å². The van der Waals surface area contributed by atoms with E-state index in [4.69, 9.17) is 4.52 Å². The van der Waals surface area contributed by atoms with Crippen molar-refractivity contribution in [3.63, 3.8) is 0 Å². The minimum absolute atomic E-state index is 0.109. The Morgan fingerprint density at radius 2 is 2.12 bits per heavy atom. The molecule has 2 heterocycles. The molecule has 1 fully saturated rings. The van der Waals surface area contributed by atoms with Gasteiger partial charge in [-0.1, -0.05) is 18.1 Å². The minimum Gasteiger partial charge on any atom is -0.343 e. The highest BCUT2D eigenvalue weighted by Gasteiger charge is 2.27. The summed E-state index contributed by atoms with van der Waals surface area (Å²) in [5.74, 6) is -1.31. The molecule has 1 aromatic heterocycles. The number of nitrogens with one attached hydrogen (secondary N) is 1. The summed E-state index contributed by atoms with van der Waals surface area (Å²) >= 11 is 0. The molecular weight excluding hydrogens is 330 g/mol. The van der Waals surface area contributed by atoms with Crippen LogP contribution in [0.5, 0.6) is 0 Å². The number of rotatable bonds is 5. The molecule has 6 nitrogen and oxygen atoms in total. The lowest BCUT2D eigenvalue weighted by atomic mass is 10.00. The maximum Gasteiger partial charge on any atom is 0.222 e. The number of amides is 1. The second-order valence-electron chi connectivity index (χ2n) is 6.07. The largest absolute Gasteiger partial charge is 0.343 e. The predicted molar refractivity (Wildman–Crippen MR) is 85.5 cm³/mol. The summed E-state index contributed by atoms with van der Waals surface area (Å²) in [4.78, 5) is 17.7. The van der Waals surface area contributed by atoms with E-state index in [1.807, 2.05) is 11.8 Å². The summed E-state index contributed by atoms with van der Waals surface area (Å²) in [5.41, 5.74) is 0.521. The van der Waals surface area contributed by atoms with Gasteiger partial charge in [0.2, 0.25) is 12.3 Å². The number of benzene rings is 1. The van der Waals surface area contributed by atoms with Crippen LogP contribution in [0.3, 0.4) is 0 Å². The van der Waals surface area contributed by atoms with Crippen LogP contribution < -0.4 is 5.32 Å². The monoisotopic (exact) mass is 350 g/mol. The molecule has 8 heteroatoms. The van der Waals surface area contributed by atoms with Gasteiger partial charge in [-0.15, -0.1) is 0 Å². The zero-order chi connectivity index (χ0) is 17.8. The molecule has 0 bridgehead atoms. The first-order chi connectivity index (χ1) is 12.1. The van der Waals surface area contributed by atoms with E-state index in [9.17, 15) is 13.6 Å². The Balaban J connectivity index is 1.73. The number of carbonyl (C=O) groups is 1. The number of nitrogens with zero attached hydrogens (tertiary/aromatic N) is 3. The Morgan fingerprint density at radius 3 is 2.72 bits per heavy atom. The molecule has 2 aromatic rings. The molecule has 0 aliphatic carbocycles. The third kappa shape index (κ3) is 4.01. The molecule has 25 heavy (non-hydrogen) atoms. The SMILES string of the molecule is CCC(=O)N1CCC(N[C@@H](c2ccc(F)c(F)c2)c2ncon2)CC1. The maximum absolute atomic E-state index is 13.6. The van der Waals surface area contributed by atoms with Crippen molar-refractivity contribution < 1.29 is 18.1 Å². The molecule has 3 rings (SSSR count). The van der Waals surface area contributed by atoms with Crippen LogP contribution in [0.4, 0.5) is 8.78 Å². The van der Waals surface area contributed by atoms with Crippen LogP contribution in [0.2, 0.25) is 0 Å². The molecule has 1 N–H and O–H groups in total. The van der Waals surface area contributed by atoms with Gasteiger partial charge >= 0.3 is 0 Å². The number of aromatic nitrogens is 2. The highest BCUT2D eigenvalue weighted by atomic mass is 19.2. The second kappa shape index (κ2) is 7.69. The van der Waals surface area contributed by atoms with Gasteiger partial charge < -0.3 is 14.7 Å². The van der Waals surface area contributed by atoms with Crippen LogP contribution in [0.1, 0.15) is 43.6 Å². The molecule has 1 amide bonds. The van der Waals surface area contributed by atoms with E-state index in [1.165, 1.54) is 12.5 Å². The summed E-state index contributed by atoms with van der Waals surface area (Å²) < 4.78 is 31.7. The van der Waals surface area contributed by atoms with Crippen molar-refractivity contribution in [2.75, 3.05) is 13.1 Å². The normalized spacial score (nSPS) is 16.8. The van der Waals surface area contributed by atoms with E-state index in [0.717, 1.165) is 25.0 Å². The Labute approximate surface area is 144 Å². The van der Waals surface area contributed by atoms with E-state index in [1.54, 1.807) is 0 Å². The zero-order valence-electron chi connectivity index (χ0n) is 13.9. The second-order valence-corrected chi connectivity index (χ2v) is 6.07. The summed E-state index contributed by atoms with van der Waals surface area (Å²) in [7, 11) is 0. The molecule has 1 aromatic carbocycles. The quantitative estimate of drug-likeness (QED) is 0.897. The van der Waals surface area contributed by atoms with E-state index in [0.29, 0.717) is 30.9 Å². The van der Waals surface area contributed by atoms with Gasteiger partial charge in [-0.05, 0) is 30.5 Å². The summed E-state index contributed by atoms with van der Waals surface area (Å²) in [6.07, 6.45) is 3.23. The lowest BCUT2D eigenvalue weighted by Crippen LogP contribution is -2.46. The van der Waals surface area contributed by atoms with Gasteiger partial charge in [0.1, 0.15) is 0 Å². The Bertz CT molecular complexity index is 715. The van der Waals surface area contributed by atoms with E-state index in [-0.39, 0.29) is 11.9 Å². The third-order valence-electron chi connectivity index (χ3n) is 4.47. The Kier molecular flexibility index (Phi) is 5.37. The highest BCUT2D eigenvalue weighted by Crippen LogP contribution is 2.24. The minimum atomic E-state index is -0.920. The van der Waals surface area contributed by atoms with Crippen LogP contribution >= 0.6 is 0 Å². The van der Waals surface area contributed by atoms with Crippen LogP contribution in [-0.2, 0) is 4.79 Å². The smallest absolute Gasteiger partial charge is 0.222 e.